The van der Waals surface area contributed by atoms with Crippen molar-refractivity contribution in [2.24, 2.45) is 0 Å². The Kier molecular flexibility index (Phi) is 3.23. The van der Waals surface area contributed by atoms with Crippen molar-refractivity contribution in [2.45, 2.75) is 31.8 Å². The third kappa shape index (κ3) is 2.54. The second-order valence-corrected chi connectivity index (χ2v) is 6.54. The van der Waals surface area contributed by atoms with E-state index in [2.05, 4.69) is 4.98 Å². The van der Waals surface area contributed by atoms with E-state index in [1.165, 1.54) is 0 Å². The first-order valence-corrected chi connectivity index (χ1v) is 8.56. The van der Waals surface area contributed by atoms with E-state index < -0.39 is 0 Å². The standard InChI is InChI=1S/C19H18N4O2/c1-12-10-20-9-8-14(12)23-19(21-18(22-23)13-6-7-13)17-11-24-15-4-2-3-5-16(15)25-17/h2-5,8-10,13,17H,6-7,11H2,1H3/t17-/m0/s1. The third-order valence-corrected chi connectivity index (χ3v) is 4.61. The first-order chi connectivity index (χ1) is 12.3. The highest BCUT2D eigenvalue weighted by Crippen LogP contribution is 2.40. The second kappa shape index (κ2) is 5.58. The van der Waals surface area contributed by atoms with Crippen molar-refractivity contribution in [2.75, 3.05) is 6.61 Å². The average Bonchev–Trinajstić information content (AvgIpc) is 3.41. The molecule has 2 aliphatic rings. The Hall–Kier alpha value is -2.89. The molecule has 1 atom stereocenters. The maximum atomic E-state index is 6.17. The lowest BCUT2D eigenvalue weighted by molar-refractivity contribution is 0.0835. The highest BCUT2D eigenvalue weighted by atomic mass is 16.6. The summed E-state index contributed by atoms with van der Waals surface area (Å²) in [4.78, 5) is 8.99. The zero-order chi connectivity index (χ0) is 16.8. The fourth-order valence-corrected chi connectivity index (χ4v) is 3.09. The van der Waals surface area contributed by atoms with Crippen LogP contribution in [0.1, 0.15) is 42.1 Å². The minimum absolute atomic E-state index is 0.289. The van der Waals surface area contributed by atoms with Crippen LogP contribution in [0.5, 0.6) is 11.5 Å². The first kappa shape index (κ1) is 14.5. The van der Waals surface area contributed by atoms with E-state index in [-0.39, 0.29) is 6.10 Å². The first-order valence-electron chi connectivity index (χ1n) is 8.56. The Bertz CT molecular complexity index is 933. The lowest BCUT2D eigenvalue weighted by Gasteiger charge is -2.26. The van der Waals surface area contributed by atoms with Crippen LogP contribution in [-0.2, 0) is 0 Å². The van der Waals surface area contributed by atoms with Crippen LogP contribution >= 0.6 is 0 Å². The average molecular weight is 334 g/mol. The molecule has 1 fully saturated rings. The van der Waals surface area contributed by atoms with Gasteiger partial charge in [0.05, 0.1) is 5.69 Å². The molecule has 3 heterocycles. The predicted octanol–water partition coefficient (Wildman–Crippen LogP) is 3.36. The van der Waals surface area contributed by atoms with Crippen molar-refractivity contribution in [1.29, 1.82) is 0 Å². The van der Waals surface area contributed by atoms with E-state index in [0.29, 0.717) is 12.5 Å². The van der Waals surface area contributed by atoms with Gasteiger partial charge in [-0.3, -0.25) is 4.98 Å². The number of fused-ring (bicyclic) bond motifs is 1. The third-order valence-electron chi connectivity index (χ3n) is 4.61. The van der Waals surface area contributed by atoms with Gasteiger partial charge < -0.3 is 9.47 Å². The van der Waals surface area contributed by atoms with E-state index in [4.69, 9.17) is 19.6 Å². The number of para-hydroxylation sites is 2. The number of nitrogens with zero attached hydrogens (tertiary/aromatic N) is 4. The van der Waals surface area contributed by atoms with Crippen molar-refractivity contribution < 1.29 is 9.47 Å². The van der Waals surface area contributed by atoms with Gasteiger partial charge in [-0.15, -0.1) is 0 Å². The van der Waals surface area contributed by atoms with Gasteiger partial charge in [-0.05, 0) is 43.5 Å². The zero-order valence-corrected chi connectivity index (χ0v) is 13.9. The molecule has 0 radical (unpaired) electrons. The summed E-state index contributed by atoms with van der Waals surface area (Å²) in [6, 6.07) is 9.68. The molecule has 6 heteroatoms. The molecule has 1 aliphatic heterocycles. The normalized spacial score (nSPS) is 19.0. The lowest BCUT2D eigenvalue weighted by Crippen LogP contribution is -2.25. The largest absolute Gasteiger partial charge is 0.485 e. The van der Waals surface area contributed by atoms with E-state index in [9.17, 15) is 0 Å². The Balaban J connectivity index is 1.58. The Morgan fingerprint density at radius 1 is 1.12 bits per heavy atom. The topological polar surface area (TPSA) is 62.1 Å². The molecule has 0 bridgehead atoms. The highest BCUT2D eigenvalue weighted by molar-refractivity contribution is 5.42. The fourth-order valence-electron chi connectivity index (χ4n) is 3.09. The molecule has 126 valence electrons. The molecular formula is C19H18N4O2. The van der Waals surface area contributed by atoms with Crippen LogP contribution in [0.4, 0.5) is 0 Å². The van der Waals surface area contributed by atoms with Crippen LogP contribution in [0.15, 0.2) is 42.7 Å². The van der Waals surface area contributed by atoms with Crippen LogP contribution in [0.2, 0.25) is 0 Å². The Morgan fingerprint density at radius 2 is 1.96 bits per heavy atom. The number of benzene rings is 1. The molecule has 1 aromatic carbocycles. The number of rotatable bonds is 3. The molecule has 0 saturated heterocycles. The van der Waals surface area contributed by atoms with Gasteiger partial charge in [-0.2, -0.15) is 5.10 Å². The second-order valence-electron chi connectivity index (χ2n) is 6.54. The molecule has 0 amide bonds. The maximum absolute atomic E-state index is 6.17. The molecule has 1 saturated carbocycles. The van der Waals surface area contributed by atoms with Crippen LogP contribution < -0.4 is 9.47 Å². The monoisotopic (exact) mass is 334 g/mol. The van der Waals surface area contributed by atoms with Crippen LogP contribution in [-0.4, -0.2) is 26.4 Å². The van der Waals surface area contributed by atoms with Gasteiger partial charge in [0.2, 0.25) is 0 Å². The van der Waals surface area contributed by atoms with Gasteiger partial charge in [0.15, 0.2) is 29.3 Å². The van der Waals surface area contributed by atoms with Gasteiger partial charge in [0, 0.05) is 18.3 Å². The van der Waals surface area contributed by atoms with Gasteiger partial charge in [-0.25, -0.2) is 9.67 Å². The van der Waals surface area contributed by atoms with E-state index in [1.807, 2.05) is 48.1 Å². The van der Waals surface area contributed by atoms with Crippen LogP contribution in [0.3, 0.4) is 0 Å². The van der Waals surface area contributed by atoms with Gasteiger partial charge >= 0.3 is 0 Å². The van der Waals surface area contributed by atoms with Gasteiger partial charge in [0.25, 0.3) is 0 Å². The fraction of sp³-hybridized carbons (Fsp3) is 0.316. The highest BCUT2D eigenvalue weighted by Gasteiger charge is 2.33. The van der Waals surface area contributed by atoms with Crippen LogP contribution in [0.25, 0.3) is 5.69 Å². The molecule has 0 spiro atoms. The summed E-state index contributed by atoms with van der Waals surface area (Å²) in [6.45, 7) is 2.45. The predicted molar refractivity (Wildman–Crippen MR) is 91.2 cm³/mol. The number of aryl methyl sites for hydroxylation is 1. The zero-order valence-electron chi connectivity index (χ0n) is 13.9. The summed E-state index contributed by atoms with van der Waals surface area (Å²) in [7, 11) is 0. The molecule has 5 rings (SSSR count). The number of pyridine rings is 1. The van der Waals surface area contributed by atoms with Gasteiger partial charge in [0.1, 0.15) is 6.61 Å². The molecular weight excluding hydrogens is 316 g/mol. The van der Waals surface area contributed by atoms with Crippen molar-refractivity contribution in [3.8, 4) is 17.2 Å². The van der Waals surface area contributed by atoms with E-state index in [1.54, 1.807) is 6.20 Å². The number of aromatic nitrogens is 4. The SMILES string of the molecule is Cc1cnccc1-n1nc(C2CC2)nc1[C@@H]1COc2ccccc2O1. The quantitative estimate of drug-likeness (QED) is 0.735. The summed E-state index contributed by atoms with van der Waals surface area (Å²) in [6.07, 6.45) is 5.64. The summed E-state index contributed by atoms with van der Waals surface area (Å²) >= 11 is 0. The minimum Gasteiger partial charge on any atom is -0.485 e. The van der Waals surface area contributed by atoms with Crippen molar-refractivity contribution in [3.05, 3.63) is 59.9 Å². The molecule has 1 aliphatic carbocycles. The minimum atomic E-state index is -0.289. The Morgan fingerprint density at radius 3 is 2.76 bits per heavy atom. The summed E-state index contributed by atoms with van der Waals surface area (Å²) in [5, 5.41) is 4.78. The molecule has 0 unspecified atom stereocenters. The van der Waals surface area contributed by atoms with Gasteiger partial charge in [-0.1, -0.05) is 12.1 Å². The van der Waals surface area contributed by atoms with Crippen molar-refractivity contribution in [3.63, 3.8) is 0 Å². The molecule has 0 N–H and O–H groups in total. The molecule has 2 aromatic heterocycles. The summed E-state index contributed by atoms with van der Waals surface area (Å²) in [5.74, 6) is 3.67. The van der Waals surface area contributed by atoms with Crippen molar-refractivity contribution >= 4 is 0 Å². The molecule has 3 aromatic rings. The lowest BCUT2D eigenvalue weighted by atomic mass is 10.2. The molecule has 6 nitrogen and oxygen atoms in total. The summed E-state index contributed by atoms with van der Waals surface area (Å²) < 4.78 is 13.9. The summed E-state index contributed by atoms with van der Waals surface area (Å²) in [5.41, 5.74) is 2.03. The Labute approximate surface area is 145 Å². The molecule has 25 heavy (non-hydrogen) atoms. The smallest absolute Gasteiger partial charge is 0.192 e. The van der Waals surface area contributed by atoms with E-state index in [0.717, 1.165) is 47.2 Å². The van der Waals surface area contributed by atoms with Crippen LogP contribution in [0, 0.1) is 6.92 Å². The van der Waals surface area contributed by atoms with E-state index >= 15 is 0 Å². The van der Waals surface area contributed by atoms with Crippen molar-refractivity contribution in [1.82, 2.24) is 19.7 Å². The number of ether oxygens (including phenoxy) is 2. The maximum Gasteiger partial charge on any atom is 0.192 e. The number of hydrogen-bond acceptors (Lipinski definition) is 5. The number of hydrogen-bond donors (Lipinski definition) is 0.